The highest BCUT2D eigenvalue weighted by Crippen LogP contribution is 2.30. The Hall–Kier alpha value is -2.08. The van der Waals surface area contributed by atoms with E-state index in [1.54, 1.807) is 6.08 Å². The van der Waals surface area contributed by atoms with E-state index in [2.05, 4.69) is 58.4 Å². The SMILES string of the molecule is C=C/C=C(\C=C)C(=C)c1ccc(C)cc1C(=C)CC.CC.CC. The number of rotatable bonds is 6. The third-order valence-corrected chi connectivity index (χ3v) is 3.17. The van der Waals surface area contributed by atoms with Crippen LogP contribution < -0.4 is 0 Å². The van der Waals surface area contributed by atoms with Gasteiger partial charge in [-0.15, -0.1) is 0 Å². The van der Waals surface area contributed by atoms with Crippen LogP contribution in [0.4, 0.5) is 0 Å². The van der Waals surface area contributed by atoms with Crippen molar-refractivity contribution in [3.05, 3.63) is 85.0 Å². The minimum atomic E-state index is 0.929. The monoisotopic (exact) mass is 310 g/mol. The summed E-state index contributed by atoms with van der Waals surface area (Å²) < 4.78 is 0. The van der Waals surface area contributed by atoms with Gasteiger partial charge in [-0.3, -0.25) is 0 Å². The van der Waals surface area contributed by atoms with E-state index >= 15 is 0 Å². The van der Waals surface area contributed by atoms with Crippen LogP contribution in [0.2, 0.25) is 0 Å². The minimum absolute atomic E-state index is 0.929. The van der Waals surface area contributed by atoms with Gasteiger partial charge >= 0.3 is 0 Å². The number of allylic oxidation sites excluding steroid dienone is 6. The molecule has 1 aromatic carbocycles. The van der Waals surface area contributed by atoms with Crippen molar-refractivity contribution in [3.8, 4) is 0 Å². The van der Waals surface area contributed by atoms with Gasteiger partial charge in [0.15, 0.2) is 0 Å². The minimum Gasteiger partial charge on any atom is -0.0990 e. The lowest BCUT2D eigenvalue weighted by atomic mass is 9.89. The molecule has 0 aliphatic rings. The predicted octanol–water partition coefficient (Wildman–Crippen LogP) is 7.78. The molecule has 0 amide bonds. The molecule has 0 unspecified atom stereocenters. The normalized spacial score (nSPS) is 9.57. The maximum absolute atomic E-state index is 4.19. The second kappa shape index (κ2) is 13.6. The molecule has 0 aromatic heterocycles. The van der Waals surface area contributed by atoms with Crippen LogP contribution in [0.15, 0.2) is 68.3 Å². The van der Waals surface area contributed by atoms with Crippen LogP contribution in [0, 0.1) is 6.92 Å². The number of hydrogen-bond acceptors (Lipinski definition) is 0. The molecular formula is C23H34. The second-order valence-corrected chi connectivity index (χ2v) is 4.55. The Labute approximate surface area is 144 Å². The summed E-state index contributed by atoms with van der Waals surface area (Å²) in [5.74, 6) is 0. The van der Waals surface area contributed by atoms with Gasteiger partial charge in [-0.25, -0.2) is 0 Å². The fraction of sp³-hybridized carbons (Fsp3) is 0.304. The van der Waals surface area contributed by atoms with E-state index in [1.807, 2.05) is 39.8 Å². The Bertz CT molecular complexity index is 553. The molecule has 1 rings (SSSR count). The van der Waals surface area contributed by atoms with E-state index in [1.165, 1.54) is 11.1 Å². The fourth-order valence-electron chi connectivity index (χ4n) is 1.98. The zero-order valence-electron chi connectivity index (χ0n) is 16.0. The lowest BCUT2D eigenvalue weighted by Gasteiger charge is -2.15. The van der Waals surface area contributed by atoms with Crippen LogP contribution in [0.3, 0.4) is 0 Å². The van der Waals surface area contributed by atoms with E-state index < -0.39 is 0 Å². The van der Waals surface area contributed by atoms with Gasteiger partial charge in [0.25, 0.3) is 0 Å². The molecule has 0 spiro atoms. The van der Waals surface area contributed by atoms with E-state index in [0.29, 0.717) is 0 Å². The molecule has 0 fully saturated rings. The van der Waals surface area contributed by atoms with Crippen molar-refractivity contribution in [2.45, 2.75) is 48.0 Å². The summed E-state index contributed by atoms with van der Waals surface area (Å²) in [6.45, 7) is 28.1. The first kappa shape index (κ1) is 23.2. The molecule has 0 aliphatic carbocycles. The first-order valence-electron chi connectivity index (χ1n) is 8.48. The molecule has 0 aliphatic heterocycles. The van der Waals surface area contributed by atoms with Crippen molar-refractivity contribution in [2.75, 3.05) is 0 Å². The number of benzene rings is 1. The third-order valence-electron chi connectivity index (χ3n) is 3.17. The fourth-order valence-corrected chi connectivity index (χ4v) is 1.98. The average molecular weight is 311 g/mol. The third kappa shape index (κ3) is 7.15. The Morgan fingerprint density at radius 1 is 1.00 bits per heavy atom. The van der Waals surface area contributed by atoms with E-state index in [0.717, 1.165) is 28.7 Å². The Kier molecular flexibility index (Phi) is 13.7. The number of aryl methyl sites for hydroxylation is 1. The summed E-state index contributed by atoms with van der Waals surface area (Å²) in [5.41, 5.74) is 6.59. The van der Waals surface area contributed by atoms with Gasteiger partial charge in [0.1, 0.15) is 0 Å². The van der Waals surface area contributed by atoms with Crippen LogP contribution >= 0.6 is 0 Å². The molecular weight excluding hydrogens is 276 g/mol. The van der Waals surface area contributed by atoms with E-state index in [4.69, 9.17) is 0 Å². The van der Waals surface area contributed by atoms with E-state index in [9.17, 15) is 0 Å². The van der Waals surface area contributed by atoms with Gasteiger partial charge in [-0.1, -0.05) is 103 Å². The summed E-state index contributed by atoms with van der Waals surface area (Å²) in [6, 6.07) is 6.37. The molecule has 0 nitrogen and oxygen atoms in total. The Morgan fingerprint density at radius 2 is 1.57 bits per heavy atom. The molecule has 0 atom stereocenters. The maximum Gasteiger partial charge on any atom is -0.0109 e. The van der Waals surface area contributed by atoms with Crippen LogP contribution in [-0.4, -0.2) is 0 Å². The molecule has 0 heteroatoms. The van der Waals surface area contributed by atoms with Crippen molar-refractivity contribution >= 4 is 11.1 Å². The lowest BCUT2D eigenvalue weighted by molar-refractivity contribution is 1.23. The molecule has 23 heavy (non-hydrogen) atoms. The van der Waals surface area contributed by atoms with Gasteiger partial charge in [0.2, 0.25) is 0 Å². The predicted molar refractivity (Wildman–Crippen MR) is 111 cm³/mol. The molecule has 126 valence electrons. The Balaban J connectivity index is 0. The summed E-state index contributed by atoms with van der Waals surface area (Å²) in [4.78, 5) is 0. The second-order valence-electron chi connectivity index (χ2n) is 4.55. The van der Waals surface area contributed by atoms with Gasteiger partial charge < -0.3 is 0 Å². The molecule has 1 aromatic rings. The number of hydrogen-bond donors (Lipinski definition) is 0. The first-order valence-corrected chi connectivity index (χ1v) is 8.48. The highest BCUT2D eigenvalue weighted by Gasteiger charge is 2.10. The molecule has 0 radical (unpaired) electrons. The van der Waals surface area contributed by atoms with Crippen LogP contribution in [0.25, 0.3) is 11.1 Å². The van der Waals surface area contributed by atoms with Gasteiger partial charge in [-0.2, -0.15) is 0 Å². The lowest BCUT2D eigenvalue weighted by Crippen LogP contribution is -1.94. The molecule has 0 saturated carbocycles. The highest BCUT2D eigenvalue weighted by atomic mass is 14.1. The standard InChI is InChI=1S/C19H22.2C2H6/c1-7-10-17(9-3)16(6)18-12-11-14(4)13-19(18)15(5)8-2;2*1-2/h7,9-13H,1,3,5-6,8H2,2,4H3;2*1-2H3/b17-10+;;. The quantitative estimate of drug-likeness (QED) is 0.470. The van der Waals surface area contributed by atoms with Crippen molar-refractivity contribution in [1.29, 1.82) is 0 Å². The average Bonchev–Trinajstić information content (AvgIpc) is 2.61. The maximum atomic E-state index is 4.19. The first-order chi connectivity index (χ1) is 11.0. The van der Waals surface area contributed by atoms with Crippen LogP contribution in [-0.2, 0) is 0 Å². The van der Waals surface area contributed by atoms with Crippen LogP contribution in [0.5, 0.6) is 0 Å². The van der Waals surface area contributed by atoms with E-state index in [-0.39, 0.29) is 0 Å². The van der Waals surface area contributed by atoms with Gasteiger partial charge in [0.05, 0.1) is 0 Å². The largest absolute Gasteiger partial charge is 0.0990 e. The molecule has 0 N–H and O–H groups in total. The van der Waals surface area contributed by atoms with Crippen molar-refractivity contribution in [1.82, 2.24) is 0 Å². The van der Waals surface area contributed by atoms with Crippen molar-refractivity contribution in [2.24, 2.45) is 0 Å². The summed E-state index contributed by atoms with van der Waals surface area (Å²) >= 11 is 0. The van der Waals surface area contributed by atoms with Crippen molar-refractivity contribution in [3.63, 3.8) is 0 Å². The molecule has 0 bridgehead atoms. The zero-order valence-corrected chi connectivity index (χ0v) is 16.0. The van der Waals surface area contributed by atoms with Crippen molar-refractivity contribution < 1.29 is 0 Å². The Morgan fingerprint density at radius 3 is 2.00 bits per heavy atom. The van der Waals surface area contributed by atoms with Gasteiger partial charge in [-0.05, 0) is 41.2 Å². The summed E-state index contributed by atoms with van der Waals surface area (Å²) in [6.07, 6.45) is 6.42. The van der Waals surface area contributed by atoms with Crippen LogP contribution in [0.1, 0.15) is 57.7 Å². The smallest absolute Gasteiger partial charge is 0.0109 e. The summed E-state index contributed by atoms with van der Waals surface area (Å²) in [7, 11) is 0. The molecule has 0 saturated heterocycles. The van der Waals surface area contributed by atoms with Gasteiger partial charge in [0, 0.05) is 0 Å². The summed E-state index contributed by atoms with van der Waals surface area (Å²) in [5, 5.41) is 0. The highest BCUT2D eigenvalue weighted by molar-refractivity contribution is 5.87. The topological polar surface area (TPSA) is 0 Å². The zero-order chi connectivity index (χ0) is 18.4. The molecule has 0 heterocycles.